The van der Waals surface area contributed by atoms with Gasteiger partial charge in [-0.05, 0) is 87.9 Å². The van der Waals surface area contributed by atoms with E-state index in [-0.39, 0.29) is 12.1 Å². The predicted molar refractivity (Wildman–Crippen MR) is 128 cm³/mol. The third-order valence-electron chi connectivity index (χ3n) is 6.90. The molecular weight excluding hydrogens is 384 g/mol. The highest BCUT2D eigenvalue weighted by molar-refractivity contribution is 5.58. The number of ether oxygens (including phenoxy) is 1. The van der Waals surface area contributed by atoms with Crippen LogP contribution in [0.4, 0.5) is 5.69 Å². The van der Waals surface area contributed by atoms with E-state index >= 15 is 0 Å². The Labute approximate surface area is 187 Å². The fourth-order valence-corrected chi connectivity index (χ4v) is 5.23. The molecule has 31 heavy (non-hydrogen) atoms. The molecule has 1 fully saturated rings. The van der Waals surface area contributed by atoms with Crippen molar-refractivity contribution in [2.75, 3.05) is 25.1 Å². The molecular formula is C27H36N2O2. The number of nitrogens with zero attached hydrogens (tertiary/aromatic N) is 2. The number of aliphatic hydroxyl groups is 1. The summed E-state index contributed by atoms with van der Waals surface area (Å²) in [6, 6.07) is 17.2. The average molecular weight is 421 g/mol. The van der Waals surface area contributed by atoms with Crippen LogP contribution >= 0.6 is 0 Å². The molecule has 0 saturated carbocycles. The highest BCUT2D eigenvalue weighted by atomic mass is 16.5. The van der Waals surface area contributed by atoms with Gasteiger partial charge in [0.1, 0.15) is 12.0 Å². The minimum Gasteiger partial charge on any atom is -0.497 e. The third kappa shape index (κ3) is 4.81. The third-order valence-corrected chi connectivity index (χ3v) is 6.90. The van der Waals surface area contributed by atoms with Crippen LogP contribution in [0.25, 0.3) is 0 Å². The molecule has 0 spiro atoms. The lowest BCUT2D eigenvalue weighted by Crippen LogP contribution is -2.53. The van der Waals surface area contributed by atoms with Crippen molar-refractivity contribution in [3.63, 3.8) is 0 Å². The van der Waals surface area contributed by atoms with Crippen molar-refractivity contribution in [2.24, 2.45) is 0 Å². The molecule has 0 aliphatic carbocycles. The number of methoxy groups -OCH3 is 1. The summed E-state index contributed by atoms with van der Waals surface area (Å²) < 4.78 is 5.37. The SMILES string of the molecule is C=C(C)CCC(C(O)N1c2ccccc2CCC1c1ccc(OC)cc1)N1CCCC1. The van der Waals surface area contributed by atoms with Gasteiger partial charge >= 0.3 is 0 Å². The number of aliphatic hydroxyl groups excluding tert-OH is 1. The Morgan fingerprint density at radius 2 is 1.84 bits per heavy atom. The van der Waals surface area contributed by atoms with Crippen LogP contribution in [0.15, 0.2) is 60.7 Å². The topological polar surface area (TPSA) is 35.9 Å². The summed E-state index contributed by atoms with van der Waals surface area (Å²) in [6.45, 7) is 8.34. The van der Waals surface area contributed by atoms with E-state index in [1.54, 1.807) is 7.11 Å². The van der Waals surface area contributed by atoms with Gasteiger partial charge in [-0.15, -0.1) is 6.58 Å². The molecule has 2 aliphatic heterocycles. The molecule has 3 unspecified atom stereocenters. The monoisotopic (exact) mass is 420 g/mol. The minimum absolute atomic E-state index is 0.103. The van der Waals surface area contributed by atoms with Gasteiger partial charge in [-0.3, -0.25) is 4.90 Å². The second-order valence-corrected chi connectivity index (χ2v) is 9.08. The Morgan fingerprint density at radius 1 is 1.13 bits per heavy atom. The van der Waals surface area contributed by atoms with Crippen LogP contribution in [0.3, 0.4) is 0 Å². The van der Waals surface area contributed by atoms with Crippen molar-refractivity contribution in [1.82, 2.24) is 4.90 Å². The Morgan fingerprint density at radius 3 is 2.52 bits per heavy atom. The summed E-state index contributed by atoms with van der Waals surface area (Å²) in [4.78, 5) is 4.79. The first-order valence-electron chi connectivity index (χ1n) is 11.6. The molecule has 2 aliphatic rings. The van der Waals surface area contributed by atoms with E-state index in [2.05, 4.69) is 59.7 Å². The van der Waals surface area contributed by atoms with Gasteiger partial charge in [0.15, 0.2) is 0 Å². The fourth-order valence-electron chi connectivity index (χ4n) is 5.23. The van der Waals surface area contributed by atoms with Gasteiger partial charge in [-0.25, -0.2) is 0 Å². The number of anilines is 1. The van der Waals surface area contributed by atoms with Crippen LogP contribution in [0.1, 0.15) is 56.2 Å². The minimum atomic E-state index is -0.564. The first-order valence-corrected chi connectivity index (χ1v) is 11.6. The van der Waals surface area contributed by atoms with Crippen molar-refractivity contribution in [2.45, 2.75) is 63.8 Å². The van der Waals surface area contributed by atoms with E-state index in [9.17, 15) is 5.11 Å². The molecule has 0 radical (unpaired) electrons. The van der Waals surface area contributed by atoms with Crippen LogP contribution in [-0.4, -0.2) is 42.5 Å². The quantitative estimate of drug-likeness (QED) is 0.586. The van der Waals surface area contributed by atoms with Crippen LogP contribution in [0.5, 0.6) is 5.75 Å². The predicted octanol–water partition coefficient (Wildman–Crippen LogP) is 5.33. The zero-order chi connectivity index (χ0) is 21.8. The number of benzene rings is 2. The molecule has 0 aromatic heterocycles. The number of hydrogen-bond acceptors (Lipinski definition) is 4. The summed E-state index contributed by atoms with van der Waals surface area (Å²) >= 11 is 0. The fraction of sp³-hybridized carbons (Fsp3) is 0.481. The number of likely N-dealkylation sites (tertiary alicyclic amines) is 1. The summed E-state index contributed by atoms with van der Waals surface area (Å²) in [5.41, 5.74) is 4.91. The van der Waals surface area contributed by atoms with Crippen molar-refractivity contribution in [3.8, 4) is 5.75 Å². The number of hydrogen-bond donors (Lipinski definition) is 1. The molecule has 2 aromatic carbocycles. The van der Waals surface area contributed by atoms with E-state index < -0.39 is 6.23 Å². The highest BCUT2D eigenvalue weighted by Gasteiger charge is 2.38. The molecule has 1 saturated heterocycles. The average Bonchev–Trinajstić information content (AvgIpc) is 3.32. The van der Waals surface area contributed by atoms with Gasteiger partial charge in [0.05, 0.1) is 19.2 Å². The summed E-state index contributed by atoms with van der Waals surface area (Å²) in [6.07, 6.45) is 5.77. The van der Waals surface area contributed by atoms with Gasteiger partial charge in [0.2, 0.25) is 0 Å². The van der Waals surface area contributed by atoms with Crippen molar-refractivity contribution < 1.29 is 9.84 Å². The molecule has 4 heteroatoms. The maximum absolute atomic E-state index is 11.9. The smallest absolute Gasteiger partial charge is 0.143 e. The largest absolute Gasteiger partial charge is 0.497 e. The van der Waals surface area contributed by atoms with Gasteiger partial charge in [0, 0.05) is 5.69 Å². The first kappa shape index (κ1) is 21.9. The molecule has 4 nitrogen and oxygen atoms in total. The van der Waals surface area contributed by atoms with Gasteiger partial charge < -0.3 is 14.7 Å². The zero-order valence-corrected chi connectivity index (χ0v) is 19.0. The Balaban J connectivity index is 1.70. The van der Waals surface area contributed by atoms with E-state index in [1.165, 1.54) is 35.2 Å². The van der Waals surface area contributed by atoms with E-state index in [0.29, 0.717) is 0 Å². The number of allylic oxidation sites excluding steroid dienone is 1. The molecule has 0 bridgehead atoms. The Hall–Kier alpha value is -2.30. The van der Waals surface area contributed by atoms with E-state index in [4.69, 9.17) is 4.74 Å². The molecule has 0 amide bonds. The number of para-hydroxylation sites is 1. The maximum atomic E-state index is 11.9. The molecule has 2 heterocycles. The van der Waals surface area contributed by atoms with Crippen LogP contribution < -0.4 is 9.64 Å². The second-order valence-electron chi connectivity index (χ2n) is 9.08. The standard InChI is InChI=1S/C27H36N2O2/c1-20(2)10-16-26(28-18-6-7-19-28)27(30)29-24-9-5-4-8-21(24)13-17-25(29)22-11-14-23(31-3)15-12-22/h4-5,8-9,11-12,14-15,25-27,30H,1,6-7,10,13,16-19H2,2-3H3. The maximum Gasteiger partial charge on any atom is 0.143 e. The zero-order valence-electron chi connectivity index (χ0n) is 19.0. The Kier molecular flexibility index (Phi) is 6.99. The number of rotatable bonds is 8. The molecule has 2 aromatic rings. The van der Waals surface area contributed by atoms with Gasteiger partial charge in [0.25, 0.3) is 0 Å². The normalized spacial score (nSPS) is 20.9. The van der Waals surface area contributed by atoms with Crippen molar-refractivity contribution in [3.05, 3.63) is 71.8 Å². The molecule has 166 valence electrons. The molecule has 4 rings (SSSR count). The number of fused-ring (bicyclic) bond motifs is 1. The lowest BCUT2D eigenvalue weighted by molar-refractivity contribution is 0.0463. The van der Waals surface area contributed by atoms with Crippen LogP contribution in [0.2, 0.25) is 0 Å². The lowest BCUT2D eigenvalue weighted by atomic mass is 9.89. The summed E-state index contributed by atoms with van der Waals surface area (Å²) in [7, 11) is 1.70. The van der Waals surface area contributed by atoms with E-state index in [1.807, 2.05) is 12.1 Å². The lowest BCUT2D eigenvalue weighted by Gasteiger charge is -2.46. The van der Waals surface area contributed by atoms with Crippen molar-refractivity contribution >= 4 is 5.69 Å². The molecule has 1 N–H and O–H groups in total. The first-order chi connectivity index (χ1) is 15.1. The van der Waals surface area contributed by atoms with Gasteiger partial charge in [-0.1, -0.05) is 35.9 Å². The second kappa shape index (κ2) is 9.88. The van der Waals surface area contributed by atoms with Gasteiger partial charge in [-0.2, -0.15) is 0 Å². The van der Waals surface area contributed by atoms with Crippen molar-refractivity contribution in [1.29, 1.82) is 0 Å². The van der Waals surface area contributed by atoms with Crippen LogP contribution in [0, 0.1) is 0 Å². The van der Waals surface area contributed by atoms with E-state index in [0.717, 1.165) is 44.5 Å². The Bertz CT molecular complexity index is 873. The number of aryl methyl sites for hydroxylation is 1. The summed E-state index contributed by atoms with van der Waals surface area (Å²) in [5.74, 6) is 0.864. The highest BCUT2D eigenvalue weighted by Crippen LogP contribution is 2.41. The summed E-state index contributed by atoms with van der Waals surface area (Å²) in [5, 5.41) is 11.9. The molecule has 3 atom stereocenters. The van der Waals surface area contributed by atoms with Crippen LogP contribution in [-0.2, 0) is 6.42 Å².